The molecule has 19 heavy (non-hydrogen) atoms. The van der Waals surface area contributed by atoms with E-state index in [4.69, 9.17) is 4.42 Å². The molecule has 2 unspecified atom stereocenters. The number of furan rings is 1. The second-order valence-corrected chi connectivity index (χ2v) is 6.35. The van der Waals surface area contributed by atoms with E-state index in [1.807, 2.05) is 0 Å². The van der Waals surface area contributed by atoms with Gasteiger partial charge >= 0.3 is 0 Å². The highest BCUT2D eigenvalue weighted by Gasteiger charge is 2.25. The molecule has 0 radical (unpaired) electrons. The van der Waals surface area contributed by atoms with Crippen LogP contribution in [0.4, 0.5) is 4.39 Å². The molecule has 1 heterocycles. The minimum atomic E-state index is -0.648. The average molecular weight is 264 g/mol. The lowest BCUT2D eigenvalue weighted by atomic mass is 9.79. The third-order valence-corrected chi connectivity index (χ3v) is 3.88. The van der Waals surface area contributed by atoms with Crippen molar-refractivity contribution in [1.29, 1.82) is 0 Å². The number of aliphatic hydroxyl groups is 1. The van der Waals surface area contributed by atoms with Gasteiger partial charge < -0.3 is 9.52 Å². The molecule has 2 atom stereocenters. The van der Waals surface area contributed by atoms with Crippen LogP contribution in [0, 0.1) is 17.2 Å². The van der Waals surface area contributed by atoms with Crippen LogP contribution in [-0.4, -0.2) is 5.11 Å². The standard InChI is InChI=1S/C16H21FO2/c1-10(16(2,3)4)7-13(18)15-9-11-8-12(17)5-6-14(11)19-15/h5-6,8-10,13,18H,7H2,1-4H3. The van der Waals surface area contributed by atoms with Gasteiger partial charge in [-0.1, -0.05) is 27.7 Å². The Bertz CT molecular complexity index is 566. The van der Waals surface area contributed by atoms with E-state index < -0.39 is 6.10 Å². The number of aliphatic hydroxyl groups excluding tert-OH is 1. The Labute approximate surface area is 113 Å². The molecule has 0 aliphatic carbocycles. The van der Waals surface area contributed by atoms with Gasteiger partial charge in [-0.2, -0.15) is 0 Å². The quantitative estimate of drug-likeness (QED) is 0.873. The summed E-state index contributed by atoms with van der Waals surface area (Å²) in [5.74, 6) is 0.571. The van der Waals surface area contributed by atoms with Crippen LogP contribution >= 0.6 is 0 Å². The molecule has 0 fully saturated rings. The van der Waals surface area contributed by atoms with Crippen LogP contribution in [0.2, 0.25) is 0 Å². The van der Waals surface area contributed by atoms with E-state index in [1.54, 1.807) is 12.1 Å². The fraction of sp³-hybridized carbons (Fsp3) is 0.500. The van der Waals surface area contributed by atoms with Gasteiger partial charge in [0.2, 0.25) is 0 Å². The minimum Gasteiger partial charge on any atom is -0.458 e. The topological polar surface area (TPSA) is 33.4 Å². The summed E-state index contributed by atoms with van der Waals surface area (Å²) >= 11 is 0. The van der Waals surface area contributed by atoms with Crippen molar-refractivity contribution in [2.24, 2.45) is 11.3 Å². The summed E-state index contributed by atoms with van der Waals surface area (Å²) in [5, 5.41) is 10.9. The zero-order chi connectivity index (χ0) is 14.2. The van der Waals surface area contributed by atoms with E-state index in [1.165, 1.54) is 12.1 Å². The van der Waals surface area contributed by atoms with Crippen molar-refractivity contribution < 1.29 is 13.9 Å². The first kappa shape index (κ1) is 14.1. The SMILES string of the molecule is CC(CC(O)c1cc2cc(F)ccc2o1)C(C)(C)C. The van der Waals surface area contributed by atoms with Gasteiger partial charge in [-0.25, -0.2) is 4.39 Å². The van der Waals surface area contributed by atoms with Crippen LogP contribution in [0.25, 0.3) is 11.0 Å². The molecule has 2 nitrogen and oxygen atoms in total. The van der Waals surface area contributed by atoms with Crippen molar-refractivity contribution in [2.75, 3.05) is 0 Å². The van der Waals surface area contributed by atoms with Gasteiger partial charge in [-0.05, 0) is 42.0 Å². The molecule has 0 saturated heterocycles. The summed E-state index contributed by atoms with van der Waals surface area (Å²) in [6.45, 7) is 8.57. The Hall–Kier alpha value is -1.35. The first-order valence-electron chi connectivity index (χ1n) is 6.64. The van der Waals surface area contributed by atoms with Crippen LogP contribution < -0.4 is 0 Å². The van der Waals surface area contributed by atoms with Gasteiger partial charge in [0.05, 0.1) is 0 Å². The third-order valence-electron chi connectivity index (χ3n) is 3.88. The Morgan fingerprint density at radius 2 is 1.95 bits per heavy atom. The Balaban J connectivity index is 2.20. The fourth-order valence-electron chi connectivity index (χ4n) is 2.00. The lowest BCUT2D eigenvalue weighted by Crippen LogP contribution is -2.19. The molecule has 1 aromatic carbocycles. The highest BCUT2D eigenvalue weighted by molar-refractivity contribution is 5.77. The second kappa shape index (κ2) is 4.97. The molecule has 0 spiro atoms. The zero-order valence-corrected chi connectivity index (χ0v) is 11.9. The Morgan fingerprint density at radius 3 is 2.58 bits per heavy atom. The molecule has 0 aliphatic heterocycles. The monoisotopic (exact) mass is 264 g/mol. The van der Waals surface area contributed by atoms with Gasteiger partial charge in [-0.15, -0.1) is 0 Å². The molecule has 3 heteroatoms. The van der Waals surface area contributed by atoms with Crippen LogP contribution in [0.15, 0.2) is 28.7 Å². The lowest BCUT2D eigenvalue weighted by Gasteiger charge is -2.28. The highest BCUT2D eigenvalue weighted by atomic mass is 19.1. The van der Waals surface area contributed by atoms with Gasteiger partial charge in [0.15, 0.2) is 0 Å². The Kier molecular flexibility index (Phi) is 3.68. The maximum Gasteiger partial charge on any atom is 0.134 e. The molecule has 1 aromatic heterocycles. The molecular weight excluding hydrogens is 243 g/mol. The van der Waals surface area contributed by atoms with Gasteiger partial charge in [0, 0.05) is 5.39 Å². The maximum atomic E-state index is 13.1. The van der Waals surface area contributed by atoms with Crippen LogP contribution in [0.5, 0.6) is 0 Å². The van der Waals surface area contributed by atoms with E-state index in [9.17, 15) is 9.50 Å². The van der Waals surface area contributed by atoms with Gasteiger partial charge in [0.1, 0.15) is 23.3 Å². The molecular formula is C16H21FO2. The van der Waals surface area contributed by atoms with Crippen LogP contribution in [-0.2, 0) is 0 Å². The van der Waals surface area contributed by atoms with Crippen molar-refractivity contribution in [3.05, 3.63) is 35.8 Å². The maximum absolute atomic E-state index is 13.1. The number of halogens is 1. The summed E-state index contributed by atoms with van der Waals surface area (Å²) in [6.07, 6.45) is -0.0177. The molecule has 0 amide bonds. The smallest absolute Gasteiger partial charge is 0.134 e. The lowest BCUT2D eigenvalue weighted by molar-refractivity contribution is 0.0939. The number of hydrogen-bond donors (Lipinski definition) is 1. The average Bonchev–Trinajstić information content (AvgIpc) is 2.70. The van der Waals surface area contributed by atoms with E-state index in [0.717, 1.165) is 0 Å². The van der Waals surface area contributed by atoms with Crippen molar-refractivity contribution in [2.45, 2.75) is 40.2 Å². The Morgan fingerprint density at radius 1 is 1.26 bits per heavy atom. The van der Waals surface area contributed by atoms with E-state index in [0.29, 0.717) is 29.1 Å². The molecule has 0 aliphatic rings. The summed E-state index contributed by atoms with van der Waals surface area (Å²) in [5.41, 5.74) is 0.748. The summed E-state index contributed by atoms with van der Waals surface area (Å²) in [4.78, 5) is 0. The van der Waals surface area contributed by atoms with Crippen molar-refractivity contribution in [3.8, 4) is 0 Å². The molecule has 104 valence electrons. The predicted octanol–water partition coefficient (Wildman–Crippen LogP) is 4.68. The van der Waals surface area contributed by atoms with Crippen LogP contribution in [0.3, 0.4) is 0 Å². The first-order chi connectivity index (χ1) is 8.77. The largest absolute Gasteiger partial charge is 0.458 e. The highest BCUT2D eigenvalue weighted by Crippen LogP contribution is 2.34. The number of rotatable bonds is 3. The molecule has 0 bridgehead atoms. The van der Waals surface area contributed by atoms with E-state index >= 15 is 0 Å². The van der Waals surface area contributed by atoms with Crippen LogP contribution in [0.1, 0.15) is 46.0 Å². The predicted molar refractivity (Wildman–Crippen MR) is 74.4 cm³/mol. The van der Waals surface area contributed by atoms with Gasteiger partial charge in [-0.3, -0.25) is 0 Å². The number of fused-ring (bicyclic) bond motifs is 1. The molecule has 2 rings (SSSR count). The summed E-state index contributed by atoms with van der Waals surface area (Å²) in [6, 6.07) is 6.09. The molecule has 2 aromatic rings. The van der Waals surface area contributed by atoms with E-state index in [-0.39, 0.29) is 11.2 Å². The fourth-order valence-corrected chi connectivity index (χ4v) is 2.00. The summed E-state index contributed by atoms with van der Waals surface area (Å²) in [7, 11) is 0. The second-order valence-electron chi connectivity index (χ2n) is 6.35. The number of benzene rings is 1. The molecule has 0 saturated carbocycles. The first-order valence-corrected chi connectivity index (χ1v) is 6.64. The van der Waals surface area contributed by atoms with Crippen molar-refractivity contribution in [3.63, 3.8) is 0 Å². The van der Waals surface area contributed by atoms with E-state index in [2.05, 4.69) is 27.7 Å². The van der Waals surface area contributed by atoms with Gasteiger partial charge in [0.25, 0.3) is 0 Å². The van der Waals surface area contributed by atoms with Crippen molar-refractivity contribution >= 4 is 11.0 Å². The third kappa shape index (κ3) is 3.16. The zero-order valence-electron chi connectivity index (χ0n) is 11.9. The number of hydrogen-bond acceptors (Lipinski definition) is 2. The minimum absolute atomic E-state index is 0.138. The molecule has 1 N–H and O–H groups in total. The van der Waals surface area contributed by atoms with Crippen molar-refractivity contribution in [1.82, 2.24) is 0 Å². The summed E-state index contributed by atoms with van der Waals surface area (Å²) < 4.78 is 18.7. The normalized spacial score (nSPS) is 15.7.